The summed E-state index contributed by atoms with van der Waals surface area (Å²) in [5.74, 6) is 0.377. The summed E-state index contributed by atoms with van der Waals surface area (Å²) in [4.78, 5) is 27.6. The summed E-state index contributed by atoms with van der Waals surface area (Å²) >= 11 is 3.30. The van der Waals surface area contributed by atoms with Crippen LogP contribution in [0.25, 0.3) is 11.0 Å². The Morgan fingerprint density at radius 3 is 2.83 bits per heavy atom. The fourth-order valence-electron chi connectivity index (χ4n) is 2.26. The van der Waals surface area contributed by atoms with Gasteiger partial charge in [-0.05, 0) is 52.7 Å². The number of hydrogen-bond donors (Lipinski definition) is 2. The number of nitrogens with one attached hydrogen (secondary N) is 2. The fraction of sp³-hybridized carbons (Fsp3) is 0.118. The highest BCUT2D eigenvalue weighted by atomic mass is 79.9. The average molecular weight is 388 g/mol. The molecule has 3 rings (SSSR count). The summed E-state index contributed by atoms with van der Waals surface area (Å²) in [6.07, 6.45) is 1.65. The first kappa shape index (κ1) is 16.2. The topological polar surface area (TPSA) is 84.2 Å². The second-order valence-corrected chi connectivity index (χ2v) is 6.14. The number of benzene rings is 1. The van der Waals surface area contributed by atoms with E-state index in [4.69, 9.17) is 4.42 Å². The standard InChI is InChI=1S/C17H14BrN3O3/c1-10-6-17(23)24-14-7-12(3-4-13(10)14)21-16(22)9-20-15-5-2-11(18)8-19-15/h2-8H,9H2,1H3,(H,19,20)(H,21,22). The number of aryl methyl sites for hydroxylation is 1. The van der Waals surface area contributed by atoms with Crippen LogP contribution in [-0.4, -0.2) is 17.4 Å². The normalized spacial score (nSPS) is 10.6. The zero-order valence-electron chi connectivity index (χ0n) is 12.8. The molecule has 0 aliphatic heterocycles. The van der Waals surface area contributed by atoms with Crippen molar-refractivity contribution in [2.45, 2.75) is 6.92 Å². The van der Waals surface area contributed by atoms with E-state index >= 15 is 0 Å². The van der Waals surface area contributed by atoms with Crippen LogP contribution < -0.4 is 16.3 Å². The molecule has 1 aromatic carbocycles. The van der Waals surface area contributed by atoms with Gasteiger partial charge in [-0.2, -0.15) is 0 Å². The molecule has 7 heteroatoms. The number of pyridine rings is 1. The van der Waals surface area contributed by atoms with Gasteiger partial charge in [0.15, 0.2) is 0 Å². The molecule has 0 atom stereocenters. The maximum absolute atomic E-state index is 12.0. The van der Waals surface area contributed by atoms with Gasteiger partial charge in [0.1, 0.15) is 11.4 Å². The number of rotatable bonds is 4. The van der Waals surface area contributed by atoms with E-state index < -0.39 is 5.63 Å². The summed E-state index contributed by atoms with van der Waals surface area (Å²) in [6.45, 7) is 1.91. The van der Waals surface area contributed by atoms with Crippen molar-refractivity contribution in [3.8, 4) is 0 Å². The molecule has 0 saturated carbocycles. The second kappa shape index (κ2) is 6.84. The minimum atomic E-state index is -0.411. The molecule has 0 spiro atoms. The number of hydrogen-bond acceptors (Lipinski definition) is 5. The van der Waals surface area contributed by atoms with Gasteiger partial charge in [0.2, 0.25) is 5.91 Å². The Labute approximate surface area is 146 Å². The SMILES string of the molecule is Cc1cc(=O)oc2cc(NC(=O)CNc3ccc(Br)cn3)ccc12. The molecule has 0 saturated heterocycles. The molecule has 122 valence electrons. The maximum atomic E-state index is 12.0. The Morgan fingerprint density at radius 1 is 1.25 bits per heavy atom. The van der Waals surface area contributed by atoms with Crippen LogP contribution in [0.1, 0.15) is 5.56 Å². The Hall–Kier alpha value is -2.67. The molecule has 2 heterocycles. The highest BCUT2D eigenvalue weighted by Crippen LogP contribution is 2.20. The van der Waals surface area contributed by atoms with Crippen molar-refractivity contribution in [3.05, 3.63) is 63.1 Å². The molecule has 0 aliphatic carbocycles. The lowest BCUT2D eigenvalue weighted by Crippen LogP contribution is -2.22. The van der Waals surface area contributed by atoms with E-state index in [-0.39, 0.29) is 12.5 Å². The fourth-order valence-corrected chi connectivity index (χ4v) is 2.49. The summed E-state index contributed by atoms with van der Waals surface area (Å²) in [7, 11) is 0. The predicted molar refractivity (Wildman–Crippen MR) is 96.3 cm³/mol. The van der Waals surface area contributed by atoms with Gasteiger partial charge < -0.3 is 15.1 Å². The number of halogens is 1. The molecule has 0 fully saturated rings. The first-order chi connectivity index (χ1) is 11.5. The van der Waals surface area contributed by atoms with E-state index in [2.05, 4.69) is 31.5 Å². The Balaban J connectivity index is 1.69. The van der Waals surface area contributed by atoms with Gasteiger partial charge >= 0.3 is 5.63 Å². The third-order valence-corrected chi connectivity index (χ3v) is 3.86. The van der Waals surface area contributed by atoms with Gasteiger partial charge in [0.25, 0.3) is 0 Å². The summed E-state index contributed by atoms with van der Waals surface area (Å²) in [5.41, 5.74) is 1.43. The smallest absolute Gasteiger partial charge is 0.336 e. The molecule has 0 unspecified atom stereocenters. The van der Waals surface area contributed by atoms with Gasteiger partial charge in [-0.3, -0.25) is 4.79 Å². The van der Waals surface area contributed by atoms with Crippen molar-refractivity contribution in [2.75, 3.05) is 17.2 Å². The maximum Gasteiger partial charge on any atom is 0.336 e. The molecular formula is C17H14BrN3O3. The van der Waals surface area contributed by atoms with Gasteiger partial charge in [-0.15, -0.1) is 0 Å². The molecule has 6 nitrogen and oxygen atoms in total. The van der Waals surface area contributed by atoms with Crippen molar-refractivity contribution < 1.29 is 9.21 Å². The van der Waals surface area contributed by atoms with Crippen LogP contribution in [0.3, 0.4) is 0 Å². The lowest BCUT2D eigenvalue weighted by atomic mass is 10.1. The number of aromatic nitrogens is 1. The number of anilines is 2. The zero-order chi connectivity index (χ0) is 17.1. The molecule has 2 N–H and O–H groups in total. The molecule has 24 heavy (non-hydrogen) atoms. The van der Waals surface area contributed by atoms with Crippen molar-refractivity contribution in [1.82, 2.24) is 4.98 Å². The molecule has 0 radical (unpaired) electrons. The summed E-state index contributed by atoms with van der Waals surface area (Å²) < 4.78 is 6.03. The molecule has 0 bridgehead atoms. The van der Waals surface area contributed by atoms with Crippen LogP contribution in [0.15, 0.2) is 56.3 Å². The van der Waals surface area contributed by atoms with E-state index in [0.717, 1.165) is 15.4 Å². The Kier molecular flexibility index (Phi) is 4.61. The summed E-state index contributed by atoms with van der Waals surface area (Å²) in [6, 6.07) is 10.3. The van der Waals surface area contributed by atoms with Crippen LogP contribution in [0.4, 0.5) is 11.5 Å². The van der Waals surface area contributed by atoms with Crippen molar-refractivity contribution in [2.24, 2.45) is 0 Å². The van der Waals surface area contributed by atoms with Crippen molar-refractivity contribution in [1.29, 1.82) is 0 Å². The highest BCUT2D eigenvalue weighted by molar-refractivity contribution is 9.10. The minimum Gasteiger partial charge on any atom is -0.423 e. The predicted octanol–water partition coefficient (Wildman–Crippen LogP) is 3.31. The average Bonchev–Trinajstić information content (AvgIpc) is 2.54. The molecule has 0 aliphatic rings. The number of carbonyl (C=O) groups excluding carboxylic acids is 1. The van der Waals surface area contributed by atoms with Gasteiger partial charge in [-0.25, -0.2) is 9.78 Å². The third-order valence-electron chi connectivity index (χ3n) is 3.39. The zero-order valence-corrected chi connectivity index (χ0v) is 14.4. The van der Waals surface area contributed by atoms with Crippen LogP contribution in [0.5, 0.6) is 0 Å². The first-order valence-corrected chi connectivity index (χ1v) is 8.00. The number of nitrogens with zero attached hydrogens (tertiary/aromatic N) is 1. The summed E-state index contributed by atoms with van der Waals surface area (Å²) in [5, 5.41) is 6.52. The van der Waals surface area contributed by atoms with Crippen LogP contribution in [-0.2, 0) is 4.79 Å². The lowest BCUT2D eigenvalue weighted by Gasteiger charge is -2.08. The van der Waals surface area contributed by atoms with Gasteiger partial charge in [-0.1, -0.05) is 0 Å². The Bertz CT molecular complexity index is 951. The molecular weight excluding hydrogens is 374 g/mol. The lowest BCUT2D eigenvalue weighted by molar-refractivity contribution is -0.114. The highest BCUT2D eigenvalue weighted by Gasteiger charge is 2.06. The van der Waals surface area contributed by atoms with Crippen LogP contribution >= 0.6 is 15.9 Å². The third kappa shape index (κ3) is 3.80. The Morgan fingerprint density at radius 2 is 2.08 bits per heavy atom. The monoisotopic (exact) mass is 387 g/mol. The van der Waals surface area contributed by atoms with E-state index in [9.17, 15) is 9.59 Å². The van der Waals surface area contributed by atoms with Crippen molar-refractivity contribution in [3.63, 3.8) is 0 Å². The quantitative estimate of drug-likeness (QED) is 0.670. The molecule has 2 aromatic heterocycles. The molecule has 1 amide bonds. The number of carbonyl (C=O) groups is 1. The minimum absolute atomic E-state index is 0.0738. The first-order valence-electron chi connectivity index (χ1n) is 7.21. The van der Waals surface area contributed by atoms with E-state index in [1.807, 2.05) is 19.1 Å². The van der Waals surface area contributed by atoms with Gasteiger partial charge in [0, 0.05) is 33.9 Å². The second-order valence-electron chi connectivity index (χ2n) is 5.22. The largest absolute Gasteiger partial charge is 0.423 e. The molecule has 3 aromatic rings. The van der Waals surface area contributed by atoms with E-state index in [1.165, 1.54) is 6.07 Å². The van der Waals surface area contributed by atoms with Crippen LogP contribution in [0.2, 0.25) is 0 Å². The van der Waals surface area contributed by atoms with E-state index in [1.54, 1.807) is 24.4 Å². The van der Waals surface area contributed by atoms with E-state index in [0.29, 0.717) is 17.1 Å². The number of fused-ring (bicyclic) bond motifs is 1. The van der Waals surface area contributed by atoms with Crippen molar-refractivity contribution >= 4 is 44.3 Å². The van der Waals surface area contributed by atoms with Gasteiger partial charge in [0.05, 0.1) is 6.54 Å². The van der Waals surface area contributed by atoms with Crippen LogP contribution in [0, 0.1) is 6.92 Å². The number of amides is 1.